The van der Waals surface area contributed by atoms with E-state index in [2.05, 4.69) is 51.6 Å². The van der Waals surface area contributed by atoms with Gasteiger partial charge in [0.05, 0.1) is 0 Å². The molecule has 126 valence electrons. The van der Waals surface area contributed by atoms with E-state index < -0.39 is 0 Å². The summed E-state index contributed by atoms with van der Waals surface area (Å²) in [6, 6.07) is 14.5. The summed E-state index contributed by atoms with van der Waals surface area (Å²) < 4.78 is 0. The van der Waals surface area contributed by atoms with Crippen LogP contribution in [0, 0.1) is 0 Å². The Morgan fingerprint density at radius 3 is 2.62 bits per heavy atom. The van der Waals surface area contributed by atoms with Crippen molar-refractivity contribution in [3.63, 3.8) is 0 Å². The average molecular weight is 321 g/mol. The van der Waals surface area contributed by atoms with Gasteiger partial charge in [0.15, 0.2) is 0 Å². The van der Waals surface area contributed by atoms with Gasteiger partial charge in [-0.05, 0) is 74.0 Å². The summed E-state index contributed by atoms with van der Waals surface area (Å²) in [4.78, 5) is 6.71. The van der Waals surface area contributed by atoms with Crippen LogP contribution in [0.2, 0.25) is 0 Å². The van der Waals surface area contributed by atoms with Crippen molar-refractivity contribution in [3.8, 4) is 0 Å². The first-order valence-electron chi connectivity index (χ1n) is 9.33. The van der Waals surface area contributed by atoms with Gasteiger partial charge < -0.3 is 10.2 Å². The van der Waals surface area contributed by atoms with Crippen molar-refractivity contribution in [1.29, 1.82) is 0 Å². The summed E-state index contributed by atoms with van der Waals surface area (Å²) in [6.45, 7) is 3.61. The maximum Gasteiger partial charge on any atom is 0.0328 e. The highest BCUT2D eigenvalue weighted by Gasteiger charge is 2.26. The van der Waals surface area contributed by atoms with E-state index in [1.54, 1.807) is 5.56 Å². The fraction of sp³-hybridized carbons (Fsp3) is 0.476. The predicted molar refractivity (Wildman–Crippen MR) is 98.0 cm³/mol. The summed E-state index contributed by atoms with van der Waals surface area (Å²) in [5.41, 5.74) is 4.48. The highest BCUT2D eigenvalue weighted by atomic mass is 15.1. The molecule has 0 amide bonds. The van der Waals surface area contributed by atoms with Crippen LogP contribution in [0.1, 0.15) is 42.0 Å². The Morgan fingerprint density at radius 1 is 1.00 bits per heavy atom. The SMILES string of the molecule is c1ccc2c(c1)CC[C@@H]2NC1CCN(CCc2ccncc2)CC1. The summed E-state index contributed by atoms with van der Waals surface area (Å²) in [6.07, 6.45) is 9.97. The van der Waals surface area contributed by atoms with Gasteiger partial charge in [0.25, 0.3) is 0 Å². The van der Waals surface area contributed by atoms with E-state index in [9.17, 15) is 0 Å². The van der Waals surface area contributed by atoms with Crippen molar-refractivity contribution in [2.24, 2.45) is 0 Å². The molecular formula is C21H27N3. The number of piperidine rings is 1. The molecule has 1 aliphatic carbocycles. The minimum absolute atomic E-state index is 0.578. The molecule has 1 saturated heterocycles. The topological polar surface area (TPSA) is 28.2 Å². The van der Waals surface area contributed by atoms with Gasteiger partial charge in [-0.1, -0.05) is 24.3 Å². The number of aromatic nitrogens is 1. The molecule has 2 aliphatic rings. The number of nitrogens with one attached hydrogen (secondary N) is 1. The summed E-state index contributed by atoms with van der Waals surface area (Å²) >= 11 is 0. The van der Waals surface area contributed by atoms with Crippen LogP contribution < -0.4 is 5.32 Å². The lowest BCUT2D eigenvalue weighted by molar-refractivity contribution is 0.192. The van der Waals surface area contributed by atoms with Crippen molar-refractivity contribution < 1.29 is 0 Å². The molecule has 1 N–H and O–H groups in total. The van der Waals surface area contributed by atoms with E-state index in [0.717, 1.165) is 6.42 Å². The molecule has 0 spiro atoms. The molecule has 3 heteroatoms. The number of hydrogen-bond acceptors (Lipinski definition) is 3. The first-order valence-corrected chi connectivity index (χ1v) is 9.33. The molecule has 1 atom stereocenters. The molecule has 0 bridgehead atoms. The van der Waals surface area contributed by atoms with Crippen molar-refractivity contribution in [3.05, 3.63) is 65.5 Å². The Bertz CT molecular complexity index is 647. The quantitative estimate of drug-likeness (QED) is 0.915. The second-order valence-corrected chi connectivity index (χ2v) is 7.18. The van der Waals surface area contributed by atoms with Crippen LogP contribution in [0.3, 0.4) is 0 Å². The largest absolute Gasteiger partial charge is 0.307 e. The molecule has 2 heterocycles. The number of fused-ring (bicyclic) bond motifs is 1. The van der Waals surface area contributed by atoms with Crippen LogP contribution in [0.15, 0.2) is 48.8 Å². The van der Waals surface area contributed by atoms with Gasteiger partial charge in [0.2, 0.25) is 0 Å². The third-order valence-corrected chi connectivity index (χ3v) is 5.62. The van der Waals surface area contributed by atoms with Crippen LogP contribution in [-0.2, 0) is 12.8 Å². The molecule has 2 aromatic rings. The van der Waals surface area contributed by atoms with E-state index in [4.69, 9.17) is 0 Å². The van der Waals surface area contributed by atoms with E-state index in [1.165, 1.54) is 56.4 Å². The monoisotopic (exact) mass is 321 g/mol. The van der Waals surface area contributed by atoms with Gasteiger partial charge >= 0.3 is 0 Å². The number of aryl methyl sites for hydroxylation is 1. The number of benzene rings is 1. The van der Waals surface area contributed by atoms with Gasteiger partial charge in [-0.25, -0.2) is 0 Å². The Kier molecular flexibility index (Phi) is 4.91. The Balaban J connectivity index is 1.24. The first kappa shape index (κ1) is 15.8. The van der Waals surface area contributed by atoms with Crippen LogP contribution >= 0.6 is 0 Å². The summed E-state index contributed by atoms with van der Waals surface area (Å²) in [5, 5.41) is 3.93. The van der Waals surface area contributed by atoms with E-state index in [0.29, 0.717) is 12.1 Å². The summed E-state index contributed by atoms with van der Waals surface area (Å²) in [7, 11) is 0. The Labute approximate surface area is 145 Å². The standard InChI is InChI=1S/C21H27N3/c1-2-4-20-18(3-1)5-6-21(20)23-19-10-15-24(16-11-19)14-9-17-7-12-22-13-8-17/h1-4,7-8,12-13,19,21,23H,5-6,9-11,14-16H2/t21-/m0/s1. The van der Waals surface area contributed by atoms with Gasteiger partial charge in [-0.15, -0.1) is 0 Å². The molecule has 0 unspecified atom stereocenters. The highest BCUT2D eigenvalue weighted by Crippen LogP contribution is 2.31. The minimum Gasteiger partial charge on any atom is -0.307 e. The van der Waals surface area contributed by atoms with E-state index in [1.807, 2.05) is 12.4 Å². The maximum absolute atomic E-state index is 4.09. The number of pyridine rings is 1. The molecule has 24 heavy (non-hydrogen) atoms. The number of hydrogen-bond donors (Lipinski definition) is 1. The number of rotatable bonds is 5. The normalized spacial score (nSPS) is 21.8. The van der Waals surface area contributed by atoms with Crippen LogP contribution in [0.4, 0.5) is 0 Å². The molecular weight excluding hydrogens is 294 g/mol. The van der Waals surface area contributed by atoms with Gasteiger partial charge in [-0.2, -0.15) is 0 Å². The number of likely N-dealkylation sites (tertiary alicyclic amines) is 1. The second kappa shape index (κ2) is 7.45. The lowest BCUT2D eigenvalue weighted by Gasteiger charge is -2.34. The van der Waals surface area contributed by atoms with Gasteiger partial charge in [-0.3, -0.25) is 4.98 Å². The minimum atomic E-state index is 0.578. The van der Waals surface area contributed by atoms with Gasteiger partial charge in [0, 0.05) is 31.0 Å². The second-order valence-electron chi connectivity index (χ2n) is 7.18. The molecule has 1 aromatic carbocycles. The molecule has 3 nitrogen and oxygen atoms in total. The fourth-order valence-electron chi connectivity index (χ4n) is 4.17. The van der Waals surface area contributed by atoms with Crippen LogP contribution in [0.5, 0.6) is 0 Å². The predicted octanol–water partition coefficient (Wildman–Crippen LogP) is 3.37. The molecule has 1 fully saturated rings. The zero-order valence-electron chi connectivity index (χ0n) is 14.3. The van der Waals surface area contributed by atoms with Crippen molar-refractivity contribution in [2.75, 3.05) is 19.6 Å². The number of nitrogens with zero attached hydrogens (tertiary/aromatic N) is 2. The van der Waals surface area contributed by atoms with Crippen molar-refractivity contribution >= 4 is 0 Å². The molecule has 1 aromatic heterocycles. The van der Waals surface area contributed by atoms with Crippen molar-refractivity contribution in [2.45, 2.75) is 44.2 Å². The summed E-state index contributed by atoms with van der Waals surface area (Å²) in [5.74, 6) is 0. The molecule has 0 radical (unpaired) electrons. The Hall–Kier alpha value is -1.71. The maximum atomic E-state index is 4.09. The van der Waals surface area contributed by atoms with Crippen LogP contribution in [0.25, 0.3) is 0 Å². The van der Waals surface area contributed by atoms with Crippen LogP contribution in [-0.4, -0.2) is 35.6 Å². The highest BCUT2D eigenvalue weighted by molar-refractivity contribution is 5.34. The zero-order valence-corrected chi connectivity index (χ0v) is 14.3. The first-order chi connectivity index (χ1) is 11.9. The smallest absolute Gasteiger partial charge is 0.0328 e. The van der Waals surface area contributed by atoms with Gasteiger partial charge in [0.1, 0.15) is 0 Å². The molecule has 0 saturated carbocycles. The van der Waals surface area contributed by atoms with Crippen molar-refractivity contribution in [1.82, 2.24) is 15.2 Å². The van der Waals surface area contributed by atoms with E-state index in [-0.39, 0.29) is 0 Å². The lowest BCUT2D eigenvalue weighted by atomic mass is 10.0. The zero-order chi connectivity index (χ0) is 16.2. The Morgan fingerprint density at radius 2 is 1.79 bits per heavy atom. The average Bonchev–Trinajstić information content (AvgIpc) is 3.05. The molecule has 1 aliphatic heterocycles. The lowest BCUT2D eigenvalue weighted by Crippen LogP contribution is -2.43. The molecule has 4 rings (SSSR count). The van der Waals surface area contributed by atoms with E-state index >= 15 is 0 Å². The fourth-order valence-corrected chi connectivity index (χ4v) is 4.17. The third kappa shape index (κ3) is 3.68. The third-order valence-electron chi connectivity index (χ3n) is 5.62.